The molecule has 1 rings (SSSR count). The molecule has 4 nitrogen and oxygen atoms in total. The van der Waals surface area contributed by atoms with Crippen molar-refractivity contribution in [2.45, 2.75) is 6.92 Å². The Morgan fingerprint density at radius 1 is 1.75 bits per heavy atom. The summed E-state index contributed by atoms with van der Waals surface area (Å²) < 4.78 is 0. The van der Waals surface area contributed by atoms with E-state index in [-0.39, 0.29) is 5.91 Å². The Bertz CT molecular complexity index is 267. The highest BCUT2D eigenvalue weighted by Crippen LogP contribution is 2.03. The summed E-state index contributed by atoms with van der Waals surface area (Å²) in [7, 11) is 0. The zero-order valence-corrected chi connectivity index (χ0v) is 7.05. The van der Waals surface area contributed by atoms with E-state index in [2.05, 4.69) is 10.3 Å². The summed E-state index contributed by atoms with van der Waals surface area (Å²) in [5.41, 5.74) is 6.81. The standard InChI is InChI=1S/C8H13N3O/c1-6-7(2-4-10-6)8(12)11-5-3-9/h2,4,10H,3,5,9H2,1H3,(H,11,12). The van der Waals surface area contributed by atoms with Gasteiger partial charge in [-0.25, -0.2) is 0 Å². The lowest BCUT2D eigenvalue weighted by molar-refractivity contribution is 0.0954. The summed E-state index contributed by atoms with van der Waals surface area (Å²) >= 11 is 0. The molecule has 4 heteroatoms. The first-order valence-electron chi connectivity index (χ1n) is 3.88. The second-order valence-corrected chi connectivity index (χ2v) is 2.56. The van der Waals surface area contributed by atoms with Gasteiger partial charge in [0.05, 0.1) is 5.56 Å². The van der Waals surface area contributed by atoms with Gasteiger partial charge >= 0.3 is 0 Å². The van der Waals surface area contributed by atoms with Crippen molar-refractivity contribution in [3.05, 3.63) is 23.5 Å². The first-order chi connectivity index (χ1) is 5.75. The van der Waals surface area contributed by atoms with Gasteiger partial charge in [-0.05, 0) is 13.0 Å². The van der Waals surface area contributed by atoms with Crippen molar-refractivity contribution in [1.29, 1.82) is 0 Å². The number of amides is 1. The highest BCUT2D eigenvalue weighted by molar-refractivity contribution is 5.95. The van der Waals surface area contributed by atoms with E-state index < -0.39 is 0 Å². The second-order valence-electron chi connectivity index (χ2n) is 2.56. The van der Waals surface area contributed by atoms with Crippen LogP contribution in [0.15, 0.2) is 12.3 Å². The van der Waals surface area contributed by atoms with Crippen LogP contribution in [0.1, 0.15) is 16.1 Å². The second kappa shape index (κ2) is 3.92. The predicted octanol–water partition coefficient (Wildman–Crippen LogP) is 0.0116. The van der Waals surface area contributed by atoms with E-state index in [1.807, 2.05) is 6.92 Å². The van der Waals surface area contributed by atoms with E-state index in [0.29, 0.717) is 18.7 Å². The van der Waals surface area contributed by atoms with Crippen LogP contribution in [-0.4, -0.2) is 24.0 Å². The van der Waals surface area contributed by atoms with Crippen molar-refractivity contribution in [3.8, 4) is 0 Å². The minimum atomic E-state index is -0.0702. The van der Waals surface area contributed by atoms with Crippen molar-refractivity contribution in [2.75, 3.05) is 13.1 Å². The van der Waals surface area contributed by atoms with Gasteiger partial charge in [-0.15, -0.1) is 0 Å². The molecule has 1 heterocycles. The normalized spacial score (nSPS) is 9.83. The Morgan fingerprint density at radius 2 is 2.50 bits per heavy atom. The van der Waals surface area contributed by atoms with Crippen LogP contribution in [0.25, 0.3) is 0 Å². The molecule has 0 fully saturated rings. The van der Waals surface area contributed by atoms with Crippen LogP contribution in [0.2, 0.25) is 0 Å². The lowest BCUT2D eigenvalue weighted by atomic mass is 10.2. The lowest BCUT2D eigenvalue weighted by Crippen LogP contribution is -2.29. The number of carbonyl (C=O) groups is 1. The fourth-order valence-electron chi connectivity index (χ4n) is 0.980. The number of carbonyl (C=O) groups excluding carboxylic acids is 1. The summed E-state index contributed by atoms with van der Waals surface area (Å²) in [6.45, 7) is 2.84. The topological polar surface area (TPSA) is 70.9 Å². The number of nitrogens with two attached hydrogens (primary N) is 1. The van der Waals surface area contributed by atoms with Gasteiger partial charge in [-0.2, -0.15) is 0 Å². The quantitative estimate of drug-likeness (QED) is 0.593. The number of aryl methyl sites for hydroxylation is 1. The van der Waals surface area contributed by atoms with Crippen LogP contribution in [0.3, 0.4) is 0 Å². The molecule has 12 heavy (non-hydrogen) atoms. The molecule has 0 radical (unpaired) electrons. The molecule has 1 amide bonds. The third-order valence-electron chi connectivity index (χ3n) is 1.63. The number of nitrogens with one attached hydrogen (secondary N) is 2. The van der Waals surface area contributed by atoms with E-state index in [1.54, 1.807) is 12.3 Å². The van der Waals surface area contributed by atoms with Crippen LogP contribution in [0, 0.1) is 6.92 Å². The molecule has 0 aliphatic rings. The van der Waals surface area contributed by atoms with Crippen LogP contribution < -0.4 is 11.1 Å². The molecule has 0 aliphatic heterocycles. The molecule has 0 saturated heterocycles. The number of hydrogen-bond donors (Lipinski definition) is 3. The molecule has 0 spiro atoms. The predicted molar refractivity (Wildman–Crippen MR) is 46.9 cm³/mol. The van der Waals surface area contributed by atoms with Gasteiger partial charge in [0.15, 0.2) is 0 Å². The van der Waals surface area contributed by atoms with E-state index in [0.717, 1.165) is 5.69 Å². The maximum absolute atomic E-state index is 11.3. The number of hydrogen-bond acceptors (Lipinski definition) is 2. The van der Waals surface area contributed by atoms with Crippen LogP contribution >= 0.6 is 0 Å². The monoisotopic (exact) mass is 167 g/mol. The lowest BCUT2D eigenvalue weighted by Gasteiger charge is -2.01. The maximum atomic E-state index is 11.3. The van der Waals surface area contributed by atoms with Gasteiger partial charge in [-0.3, -0.25) is 4.79 Å². The molecular weight excluding hydrogens is 154 g/mol. The first kappa shape index (κ1) is 8.80. The first-order valence-corrected chi connectivity index (χ1v) is 3.88. The molecular formula is C8H13N3O. The molecule has 0 aliphatic carbocycles. The van der Waals surface area contributed by atoms with Gasteiger partial charge in [0.2, 0.25) is 0 Å². The Kier molecular flexibility index (Phi) is 2.88. The molecule has 0 unspecified atom stereocenters. The molecule has 1 aromatic heterocycles. The van der Waals surface area contributed by atoms with Crippen molar-refractivity contribution in [2.24, 2.45) is 5.73 Å². The Balaban J connectivity index is 2.59. The van der Waals surface area contributed by atoms with Gasteiger partial charge in [0.25, 0.3) is 5.91 Å². The summed E-state index contributed by atoms with van der Waals surface area (Å²) in [6.07, 6.45) is 1.74. The van der Waals surface area contributed by atoms with Gasteiger partial charge in [-0.1, -0.05) is 0 Å². The third kappa shape index (κ3) is 1.85. The third-order valence-corrected chi connectivity index (χ3v) is 1.63. The Morgan fingerprint density at radius 3 is 3.00 bits per heavy atom. The fourth-order valence-corrected chi connectivity index (χ4v) is 0.980. The van der Waals surface area contributed by atoms with Crippen LogP contribution in [-0.2, 0) is 0 Å². The molecule has 0 saturated carbocycles. The molecule has 0 bridgehead atoms. The summed E-state index contributed by atoms with van der Waals surface area (Å²) in [6, 6.07) is 1.75. The highest BCUT2D eigenvalue weighted by atomic mass is 16.1. The smallest absolute Gasteiger partial charge is 0.253 e. The number of H-pyrrole nitrogens is 1. The summed E-state index contributed by atoms with van der Waals surface area (Å²) in [5, 5.41) is 2.69. The van der Waals surface area contributed by atoms with Gasteiger partial charge in [0.1, 0.15) is 0 Å². The minimum absolute atomic E-state index is 0.0702. The van der Waals surface area contributed by atoms with E-state index in [1.165, 1.54) is 0 Å². The fraction of sp³-hybridized carbons (Fsp3) is 0.375. The van der Waals surface area contributed by atoms with E-state index in [9.17, 15) is 4.79 Å². The SMILES string of the molecule is Cc1[nH]ccc1C(=O)NCCN. The van der Waals surface area contributed by atoms with Crippen molar-refractivity contribution in [3.63, 3.8) is 0 Å². The zero-order valence-electron chi connectivity index (χ0n) is 7.05. The van der Waals surface area contributed by atoms with Crippen molar-refractivity contribution < 1.29 is 4.79 Å². The largest absolute Gasteiger partial charge is 0.365 e. The minimum Gasteiger partial charge on any atom is -0.365 e. The van der Waals surface area contributed by atoms with Gasteiger partial charge in [0, 0.05) is 25.0 Å². The highest BCUT2D eigenvalue weighted by Gasteiger charge is 2.07. The van der Waals surface area contributed by atoms with Crippen LogP contribution in [0.5, 0.6) is 0 Å². The average molecular weight is 167 g/mol. The van der Waals surface area contributed by atoms with E-state index >= 15 is 0 Å². The number of aromatic nitrogens is 1. The van der Waals surface area contributed by atoms with Crippen molar-refractivity contribution in [1.82, 2.24) is 10.3 Å². The summed E-state index contributed by atoms with van der Waals surface area (Å²) in [5.74, 6) is -0.0702. The summed E-state index contributed by atoms with van der Waals surface area (Å²) in [4.78, 5) is 14.2. The maximum Gasteiger partial charge on any atom is 0.253 e. The zero-order chi connectivity index (χ0) is 8.97. The van der Waals surface area contributed by atoms with Crippen LogP contribution in [0.4, 0.5) is 0 Å². The molecule has 4 N–H and O–H groups in total. The van der Waals surface area contributed by atoms with Gasteiger partial charge < -0.3 is 16.0 Å². The Labute approximate surface area is 71.2 Å². The molecule has 66 valence electrons. The number of rotatable bonds is 3. The average Bonchev–Trinajstić information content (AvgIpc) is 2.47. The van der Waals surface area contributed by atoms with Crippen molar-refractivity contribution >= 4 is 5.91 Å². The molecule has 0 atom stereocenters. The number of aromatic amines is 1. The molecule has 1 aromatic rings. The molecule has 0 aromatic carbocycles. The Hall–Kier alpha value is -1.29. The van der Waals surface area contributed by atoms with E-state index in [4.69, 9.17) is 5.73 Å².